The first kappa shape index (κ1) is 14.8. The van der Waals surface area contributed by atoms with Crippen molar-refractivity contribution in [3.05, 3.63) is 45.7 Å². The van der Waals surface area contributed by atoms with E-state index in [1.54, 1.807) is 24.5 Å². The molecule has 0 N–H and O–H groups in total. The third-order valence-electron chi connectivity index (χ3n) is 4.92. The Labute approximate surface area is 140 Å². The molecule has 23 heavy (non-hydrogen) atoms. The van der Waals surface area contributed by atoms with Crippen molar-refractivity contribution >= 4 is 17.2 Å². The highest BCUT2D eigenvalue weighted by Crippen LogP contribution is 2.35. The van der Waals surface area contributed by atoms with E-state index < -0.39 is 0 Å². The number of fused-ring (bicyclic) bond motifs is 1. The Morgan fingerprint density at radius 3 is 2.61 bits per heavy atom. The molecule has 0 radical (unpaired) electrons. The van der Waals surface area contributed by atoms with Crippen molar-refractivity contribution in [1.82, 2.24) is 14.9 Å². The van der Waals surface area contributed by atoms with Gasteiger partial charge in [-0.05, 0) is 50.7 Å². The largest absolute Gasteiger partial charge is 0.339 e. The molecule has 1 aliphatic carbocycles. The summed E-state index contributed by atoms with van der Waals surface area (Å²) < 4.78 is 0. The number of aromatic nitrogens is 2. The van der Waals surface area contributed by atoms with Crippen molar-refractivity contribution in [3.8, 4) is 0 Å². The van der Waals surface area contributed by atoms with Crippen molar-refractivity contribution in [2.75, 3.05) is 13.1 Å². The minimum absolute atomic E-state index is 0.129. The molecule has 4 nitrogen and oxygen atoms in total. The van der Waals surface area contributed by atoms with E-state index in [0.717, 1.165) is 37.9 Å². The molecule has 1 fully saturated rings. The summed E-state index contributed by atoms with van der Waals surface area (Å²) in [6.45, 7) is 1.66. The third kappa shape index (κ3) is 3.02. The van der Waals surface area contributed by atoms with Crippen molar-refractivity contribution in [1.29, 1.82) is 0 Å². The van der Waals surface area contributed by atoms with Gasteiger partial charge in [0, 0.05) is 41.8 Å². The van der Waals surface area contributed by atoms with E-state index in [4.69, 9.17) is 4.98 Å². The number of likely N-dealkylation sites (tertiary alicyclic amines) is 1. The summed E-state index contributed by atoms with van der Waals surface area (Å²) >= 11 is 1.93. The van der Waals surface area contributed by atoms with Gasteiger partial charge >= 0.3 is 0 Å². The van der Waals surface area contributed by atoms with Gasteiger partial charge in [0.25, 0.3) is 5.91 Å². The molecular weight excluding hydrogens is 306 g/mol. The van der Waals surface area contributed by atoms with E-state index in [0.29, 0.717) is 5.92 Å². The van der Waals surface area contributed by atoms with Gasteiger partial charge in [-0.3, -0.25) is 9.78 Å². The number of hydrogen-bond acceptors (Lipinski definition) is 4. The summed E-state index contributed by atoms with van der Waals surface area (Å²) in [5.74, 6) is 0.663. The second-order valence-corrected chi connectivity index (χ2v) is 7.55. The van der Waals surface area contributed by atoms with Crippen LogP contribution in [0.5, 0.6) is 0 Å². The smallest absolute Gasteiger partial charge is 0.253 e. The lowest BCUT2D eigenvalue weighted by molar-refractivity contribution is 0.0713. The fourth-order valence-corrected chi connectivity index (χ4v) is 4.88. The van der Waals surface area contributed by atoms with E-state index in [9.17, 15) is 4.79 Å². The lowest BCUT2D eigenvalue weighted by atomic mass is 9.97. The van der Waals surface area contributed by atoms with Crippen LogP contribution < -0.4 is 0 Å². The lowest BCUT2D eigenvalue weighted by Crippen LogP contribution is -2.37. The van der Waals surface area contributed by atoms with Crippen LogP contribution in [0.15, 0.2) is 24.5 Å². The Morgan fingerprint density at radius 1 is 1.13 bits per heavy atom. The SMILES string of the molecule is O=C(c1ccncc1)N1CCC(c2nc3c(s2)CCCC3)CC1. The molecule has 1 amide bonds. The number of rotatable bonds is 2. The minimum Gasteiger partial charge on any atom is -0.339 e. The quantitative estimate of drug-likeness (QED) is 0.849. The summed E-state index contributed by atoms with van der Waals surface area (Å²) in [6.07, 6.45) is 10.4. The molecule has 1 aliphatic heterocycles. The maximum absolute atomic E-state index is 12.5. The van der Waals surface area contributed by atoms with Crippen molar-refractivity contribution in [2.24, 2.45) is 0 Å². The first-order valence-electron chi connectivity index (χ1n) is 8.49. The molecule has 0 spiro atoms. The Balaban J connectivity index is 1.41. The standard InChI is InChI=1S/C18H21N3OS/c22-18(14-5-9-19-10-6-14)21-11-7-13(8-12-21)17-20-15-3-1-2-4-16(15)23-17/h5-6,9-10,13H,1-4,7-8,11-12H2. The van der Waals surface area contributed by atoms with E-state index in [1.807, 2.05) is 16.2 Å². The fraction of sp³-hybridized carbons (Fsp3) is 0.500. The number of nitrogens with zero attached hydrogens (tertiary/aromatic N) is 3. The summed E-state index contributed by atoms with van der Waals surface area (Å²) in [5, 5.41) is 1.31. The number of carbonyl (C=O) groups is 1. The molecule has 2 aromatic rings. The van der Waals surface area contributed by atoms with Gasteiger partial charge in [0.1, 0.15) is 0 Å². The lowest BCUT2D eigenvalue weighted by Gasteiger charge is -2.31. The zero-order valence-electron chi connectivity index (χ0n) is 13.2. The van der Waals surface area contributed by atoms with Gasteiger partial charge in [-0.15, -0.1) is 11.3 Å². The molecule has 1 saturated heterocycles. The van der Waals surface area contributed by atoms with Crippen LogP contribution in [0.4, 0.5) is 0 Å². The van der Waals surface area contributed by atoms with E-state index in [2.05, 4.69) is 4.98 Å². The topological polar surface area (TPSA) is 46.1 Å². The molecular formula is C18H21N3OS. The Kier molecular flexibility index (Phi) is 4.12. The van der Waals surface area contributed by atoms with Gasteiger partial charge < -0.3 is 4.90 Å². The number of hydrogen-bond donors (Lipinski definition) is 0. The van der Waals surface area contributed by atoms with Gasteiger partial charge in [0.05, 0.1) is 10.7 Å². The predicted octanol–water partition coefficient (Wildman–Crippen LogP) is 3.44. The molecule has 5 heteroatoms. The van der Waals surface area contributed by atoms with Crippen LogP contribution in [0.25, 0.3) is 0 Å². The number of amides is 1. The van der Waals surface area contributed by atoms with E-state index in [1.165, 1.54) is 34.8 Å². The van der Waals surface area contributed by atoms with Crippen molar-refractivity contribution in [3.63, 3.8) is 0 Å². The maximum atomic E-state index is 12.5. The molecule has 0 unspecified atom stereocenters. The summed E-state index contributed by atoms with van der Waals surface area (Å²) in [5.41, 5.74) is 2.09. The number of thiazole rings is 1. The van der Waals surface area contributed by atoms with Gasteiger partial charge in [-0.1, -0.05) is 0 Å². The first-order valence-corrected chi connectivity index (χ1v) is 9.30. The second kappa shape index (κ2) is 6.40. The summed E-state index contributed by atoms with van der Waals surface area (Å²) in [7, 11) is 0. The summed E-state index contributed by atoms with van der Waals surface area (Å²) in [4.78, 5) is 24.9. The Bertz CT molecular complexity index is 666. The van der Waals surface area contributed by atoms with Crippen LogP contribution in [0, 0.1) is 0 Å². The molecule has 0 saturated carbocycles. The Hall–Kier alpha value is -1.75. The number of aryl methyl sites for hydroxylation is 2. The monoisotopic (exact) mass is 327 g/mol. The Morgan fingerprint density at radius 2 is 1.87 bits per heavy atom. The maximum Gasteiger partial charge on any atom is 0.253 e. The van der Waals surface area contributed by atoms with Crippen molar-refractivity contribution < 1.29 is 4.79 Å². The van der Waals surface area contributed by atoms with E-state index >= 15 is 0 Å². The first-order chi connectivity index (χ1) is 11.3. The zero-order chi connectivity index (χ0) is 15.6. The molecule has 3 heterocycles. The highest BCUT2D eigenvalue weighted by molar-refractivity contribution is 7.11. The molecule has 4 rings (SSSR count). The van der Waals surface area contributed by atoms with Crippen LogP contribution in [-0.4, -0.2) is 33.9 Å². The van der Waals surface area contributed by atoms with Crippen LogP contribution in [0.3, 0.4) is 0 Å². The van der Waals surface area contributed by atoms with Gasteiger partial charge in [-0.2, -0.15) is 0 Å². The van der Waals surface area contributed by atoms with Gasteiger partial charge in [-0.25, -0.2) is 4.98 Å². The van der Waals surface area contributed by atoms with Crippen LogP contribution in [-0.2, 0) is 12.8 Å². The van der Waals surface area contributed by atoms with E-state index in [-0.39, 0.29) is 5.91 Å². The number of pyridine rings is 1. The number of piperidine rings is 1. The normalized spacial score (nSPS) is 18.7. The van der Waals surface area contributed by atoms with Crippen LogP contribution in [0.2, 0.25) is 0 Å². The van der Waals surface area contributed by atoms with Gasteiger partial charge in [0.2, 0.25) is 0 Å². The van der Waals surface area contributed by atoms with Crippen LogP contribution in [0.1, 0.15) is 57.5 Å². The fourth-order valence-electron chi connectivity index (χ4n) is 3.55. The van der Waals surface area contributed by atoms with Gasteiger partial charge in [0.15, 0.2) is 0 Å². The molecule has 120 valence electrons. The zero-order valence-corrected chi connectivity index (χ0v) is 14.0. The predicted molar refractivity (Wildman–Crippen MR) is 90.9 cm³/mol. The van der Waals surface area contributed by atoms with Crippen molar-refractivity contribution in [2.45, 2.75) is 44.4 Å². The second-order valence-electron chi connectivity index (χ2n) is 6.43. The highest BCUT2D eigenvalue weighted by Gasteiger charge is 2.27. The molecule has 0 atom stereocenters. The average Bonchev–Trinajstić information content (AvgIpc) is 3.06. The summed E-state index contributed by atoms with van der Waals surface area (Å²) in [6, 6.07) is 3.59. The number of carbonyl (C=O) groups excluding carboxylic acids is 1. The molecule has 0 aromatic carbocycles. The third-order valence-corrected chi connectivity index (χ3v) is 6.24. The highest BCUT2D eigenvalue weighted by atomic mass is 32.1. The molecule has 0 bridgehead atoms. The van der Waals surface area contributed by atoms with Crippen LogP contribution >= 0.6 is 11.3 Å². The average molecular weight is 327 g/mol. The minimum atomic E-state index is 0.129. The molecule has 2 aliphatic rings. The molecule has 2 aromatic heterocycles.